The van der Waals surface area contributed by atoms with Crippen LogP contribution in [0.4, 0.5) is 11.4 Å². The van der Waals surface area contributed by atoms with Crippen LogP contribution in [0.5, 0.6) is 0 Å². The molecule has 0 radical (unpaired) electrons. The van der Waals surface area contributed by atoms with Crippen LogP contribution >= 0.6 is 15.9 Å². The van der Waals surface area contributed by atoms with Crippen LogP contribution in [-0.2, 0) is 0 Å². The number of rotatable bonds is 0. The molecule has 14 heavy (non-hydrogen) atoms. The van der Waals surface area contributed by atoms with E-state index in [0.717, 1.165) is 11.0 Å². The molecule has 2 N–H and O–H groups in total. The Morgan fingerprint density at radius 3 is 2.93 bits per heavy atom. The van der Waals surface area contributed by atoms with Gasteiger partial charge in [-0.05, 0) is 40.9 Å². The van der Waals surface area contributed by atoms with Crippen LogP contribution in [0.2, 0.25) is 0 Å². The van der Waals surface area contributed by atoms with Gasteiger partial charge in [0.15, 0.2) is 0 Å². The molecule has 0 bridgehead atoms. The number of nitrogens with one attached hydrogen (secondary N) is 2. The summed E-state index contributed by atoms with van der Waals surface area (Å²) in [4.78, 5) is 0. The molecule has 2 nitrogen and oxygen atoms in total. The highest BCUT2D eigenvalue weighted by Gasteiger charge is 2.18. The zero-order chi connectivity index (χ0) is 10.1. The Morgan fingerprint density at radius 1 is 1.36 bits per heavy atom. The SMILES string of the molecule is CC1CNc2c(Br)cccc2NC1C. The summed E-state index contributed by atoms with van der Waals surface area (Å²) in [6, 6.07) is 6.74. The lowest BCUT2D eigenvalue weighted by Gasteiger charge is -2.17. The lowest BCUT2D eigenvalue weighted by molar-refractivity contribution is 0.542. The number of hydrogen-bond acceptors (Lipinski definition) is 2. The largest absolute Gasteiger partial charge is 0.382 e. The second-order valence-corrected chi connectivity index (χ2v) is 4.81. The van der Waals surface area contributed by atoms with Crippen molar-refractivity contribution in [2.75, 3.05) is 17.2 Å². The van der Waals surface area contributed by atoms with E-state index in [2.05, 4.69) is 58.6 Å². The van der Waals surface area contributed by atoms with Crippen molar-refractivity contribution in [3.05, 3.63) is 22.7 Å². The summed E-state index contributed by atoms with van der Waals surface area (Å²) in [5, 5.41) is 6.98. The Bertz CT molecular complexity index is 338. The normalized spacial score (nSPS) is 25.6. The molecule has 3 heteroatoms. The van der Waals surface area contributed by atoms with Crippen LogP contribution < -0.4 is 10.6 Å². The molecule has 1 aliphatic heterocycles. The molecule has 2 atom stereocenters. The molecule has 1 aromatic rings. The van der Waals surface area contributed by atoms with Crippen molar-refractivity contribution in [3.63, 3.8) is 0 Å². The van der Waals surface area contributed by atoms with Crippen LogP contribution in [0.3, 0.4) is 0 Å². The van der Waals surface area contributed by atoms with Gasteiger partial charge in [0, 0.05) is 17.1 Å². The van der Waals surface area contributed by atoms with Gasteiger partial charge in [-0.1, -0.05) is 13.0 Å². The molecule has 1 aliphatic rings. The minimum atomic E-state index is 0.512. The highest BCUT2D eigenvalue weighted by atomic mass is 79.9. The topological polar surface area (TPSA) is 24.1 Å². The summed E-state index contributed by atoms with van der Waals surface area (Å²) in [7, 11) is 0. The second-order valence-electron chi connectivity index (χ2n) is 3.95. The van der Waals surface area contributed by atoms with Gasteiger partial charge >= 0.3 is 0 Å². The number of anilines is 2. The van der Waals surface area contributed by atoms with Gasteiger partial charge in [0.05, 0.1) is 11.4 Å². The van der Waals surface area contributed by atoms with E-state index in [0.29, 0.717) is 12.0 Å². The molecule has 0 saturated heterocycles. The van der Waals surface area contributed by atoms with E-state index < -0.39 is 0 Å². The molecule has 0 fully saturated rings. The fourth-order valence-corrected chi connectivity index (χ4v) is 2.16. The van der Waals surface area contributed by atoms with Gasteiger partial charge in [0.2, 0.25) is 0 Å². The predicted octanol–water partition coefficient (Wildman–Crippen LogP) is 3.31. The van der Waals surface area contributed by atoms with Crippen molar-refractivity contribution in [3.8, 4) is 0 Å². The van der Waals surface area contributed by atoms with Gasteiger partial charge in [0.25, 0.3) is 0 Å². The van der Waals surface area contributed by atoms with Gasteiger partial charge in [0.1, 0.15) is 0 Å². The fourth-order valence-electron chi connectivity index (χ4n) is 1.65. The summed E-state index contributed by atoms with van der Waals surface area (Å²) in [5.74, 6) is 0.634. The quantitative estimate of drug-likeness (QED) is 0.743. The van der Waals surface area contributed by atoms with Gasteiger partial charge < -0.3 is 10.6 Å². The standard InChI is InChI=1S/C11H15BrN2/c1-7-6-13-11-9(12)4-3-5-10(11)14-8(7)2/h3-5,7-8,13-14H,6H2,1-2H3. The highest BCUT2D eigenvalue weighted by Crippen LogP contribution is 2.33. The third kappa shape index (κ3) is 1.73. The summed E-state index contributed by atoms with van der Waals surface area (Å²) in [5.41, 5.74) is 2.37. The summed E-state index contributed by atoms with van der Waals surface area (Å²) in [6.45, 7) is 5.50. The lowest BCUT2D eigenvalue weighted by atomic mass is 10.0. The van der Waals surface area contributed by atoms with Gasteiger partial charge in [-0.25, -0.2) is 0 Å². The minimum absolute atomic E-state index is 0.512. The van der Waals surface area contributed by atoms with E-state index in [1.54, 1.807) is 0 Å². The molecule has 2 rings (SSSR count). The van der Waals surface area contributed by atoms with E-state index in [1.165, 1.54) is 11.4 Å². The average molecular weight is 255 g/mol. The number of hydrogen-bond donors (Lipinski definition) is 2. The van der Waals surface area contributed by atoms with Crippen molar-refractivity contribution < 1.29 is 0 Å². The summed E-state index contributed by atoms with van der Waals surface area (Å²) < 4.78 is 1.13. The van der Waals surface area contributed by atoms with Crippen LogP contribution in [0.25, 0.3) is 0 Å². The maximum atomic E-state index is 3.55. The second kappa shape index (κ2) is 3.81. The molecule has 1 aromatic carbocycles. The first-order valence-corrected chi connectivity index (χ1v) is 5.76. The Kier molecular flexibility index (Phi) is 2.68. The summed E-state index contributed by atoms with van der Waals surface area (Å²) in [6.07, 6.45) is 0. The third-order valence-corrected chi connectivity index (χ3v) is 3.51. The lowest BCUT2D eigenvalue weighted by Crippen LogP contribution is -2.25. The van der Waals surface area contributed by atoms with Gasteiger partial charge in [-0.3, -0.25) is 0 Å². The van der Waals surface area contributed by atoms with Crippen molar-refractivity contribution in [1.82, 2.24) is 0 Å². The number of fused-ring (bicyclic) bond motifs is 1. The molecule has 0 spiro atoms. The molecule has 0 aromatic heterocycles. The van der Waals surface area contributed by atoms with Crippen molar-refractivity contribution >= 4 is 27.3 Å². The van der Waals surface area contributed by atoms with E-state index in [9.17, 15) is 0 Å². The third-order valence-electron chi connectivity index (χ3n) is 2.85. The van der Waals surface area contributed by atoms with E-state index in [-0.39, 0.29) is 0 Å². The van der Waals surface area contributed by atoms with E-state index in [4.69, 9.17) is 0 Å². The average Bonchev–Trinajstić information content (AvgIpc) is 2.29. The first-order chi connectivity index (χ1) is 6.68. The first kappa shape index (κ1) is 9.84. The van der Waals surface area contributed by atoms with Crippen LogP contribution in [0.15, 0.2) is 22.7 Å². The molecule has 2 unspecified atom stereocenters. The Hall–Kier alpha value is -0.700. The first-order valence-electron chi connectivity index (χ1n) is 4.97. The van der Waals surface area contributed by atoms with E-state index in [1.807, 2.05) is 0 Å². The number of para-hydroxylation sites is 1. The molecular weight excluding hydrogens is 240 g/mol. The van der Waals surface area contributed by atoms with Gasteiger partial charge in [-0.15, -0.1) is 0 Å². The van der Waals surface area contributed by atoms with E-state index >= 15 is 0 Å². The van der Waals surface area contributed by atoms with Gasteiger partial charge in [-0.2, -0.15) is 0 Å². The smallest absolute Gasteiger partial charge is 0.0720 e. The van der Waals surface area contributed by atoms with Crippen molar-refractivity contribution in [2.45, 2.75) is 19.9 Å². The maximum Gasteiger partial charge on any atom is 0.0720 e. The van der Waals surface area contributed by atoms with Crippen molar-refractivity contribution in [2.24, 2.45) is 5.92 Å². The Morgan fingerprint density at radius 2 is 2.14 bits per heavy atom. The van der Waals surface area contributed by atoms with Crippen LogP contribution in [0, 0.1) is 5.92 Å². The zero-order valence-electron chi connectivity index (χ0n) is 8.47. The molecule has 0 amide bonds. The molecule has 1 heterocycles. The molecular formula is C11H15BrN2. The zero-order valence-corrected chi connectivity index (χ0v) is 10.1. The Balaban J connectivity index is 2.37. The molecule has 76 valence electrons. The fraction of sp³-hybridized carbons (Fsp3) is 0.455. The van der Waals surface area contributed by atoms with Crippen molar-refractivity contribution in [1.29, 1.82) is 0 Å². The van der Waals surface area contributed by atoms with Crippen LogP contribution in [0.1, 0.15) is 13.8 Å². The Labute approximate surface area is 93.2 Å². The van der Waals surface area contributed by atoms with Crippen LogP contribution in [-0.4, -0.2) is 12.6 Å². The highest BCUT2D eigenvalue weighted by molar-refractivity contribution is 9.10. The summed E-state index contributed by atoms with van der Waals surface area (Å²) >= 11 is 3.55. The monoisotopic (exact) mass is 254 g/mol. The predicted molar refractivity (Wildman–Crippen MR) is 64.9 cm³/mol. The minimum Gasteiger partial charge on any atom is -0.382 e. The number of benzene rings is 1. The maximum absolute atomic E-state index is 3.55. The number of halogens is 1. The molecule has 0 saturated carbocycles. The molecule has 0 aliphatic carbocycles.